The maximum atomic E-state index is 6.40. The second-order valence-corrected chi connectivity index (χ2v) is 10.8. The minimum Gasteiger partial charge on any atom is -0.496 e. The summed E-state index contributed by atoms with van der Waals surface area (Å²) >= 11 is 0. The van der Waals surface area contributed by atoms with E-state index in [9.17, 15) is 0 Å². The Morgan fingerprint density at radius 1 is 1.03 bits per heavy atom. The highest BCUT2D eigenvalue weighted by Gasteiger charge is 2.51. The van der Waals surface area contributed by atoms with E-state index in [-0.39, 0.29) is 5.54 Å². The van der Waals surface area contributed by atoms with E-state index in [2.05, 4.69) is 20.8 Å². The van der Waals surface area contributed by atoms with Crippen LogP contribution >= 0.6 is 0 Å². The minimum absolute atomic E-state index is 0.0923. The van der Waals surface area contributed by atoms with Gasteiger partial charge >= 0.3 is 0 Å². The molecule has 0 saturated heterocycles. The molecular formula is C27H33N7O2. The van der Waals surface area contributed by atoms with Crippen molar-refractivity contribution in [1.29, 1.82) is 0 Å². The van der Waals surface area contributed by atoms with Crippen molar-refractivity contribution in [3.8, 4) is 5.75 Å². The smallest absolute Gasteiger partial charge is 0.240 e. The zero-order valence-corrected chi connectivity index (χ0v) is 20.8. The number of ether oxygens (including phenoxy) is 1. The van der Waals surface area contributed by atoms with Gasteiger partial charge in [-0.3, -0.25) is 0 Å². The maximum Gasteiger partial charge on any atom is 0.240 e. The van der Waals surface area contributed by atoms with Crippen LogP contribution < -0.4 is 26.8 Å². The molecule has 0 amide bonds. The van der Waals surface area contributed by atoms with E-state index in [0.29, 0.717) is 40.5 Å². The SMILES string of the molecule is COc1cc(Nc2cc(N)c(N)c(NC34CC5CC(CC(C5)C3)C4)n2)ccc1/C=C/c1nnc(C)o1. The number of nitrogens with zero attached hydrogens (tertiary/aromatic N) is 3. The number of hydrogen-bond donors (Lipinski definition) is 4. The second kappa shape index (κ2) is 8.72. The van der Waals surface area contributed by atoms with Crippen LogP contribution in [0.15, 0.2) is 28.7 Å². The Hall–Kier alpha value is -3.75. The molecule has 36 heavy (non-hydrogen) atoms. The Labute approximate surface area is 210 Å². The highest BCUT2D eigenvalue weighted by molar-refractivity contribution is 5.81. The molecule has 9 heteroatoms. The average Bonchev–Trinajstić information content (AvgIpc) is 3.25. The van der Waals surface area contributed by atoms with Crippen LogP contribution in [0.5, 0.6) is 5.75 Å². The summed E-state index contributed by atoms with van der Waals surface area (Å²) in [6.45, 7) is 1.76. The number of pyridine rings is 1. The van der Waals surface area contributed by atoms with Crippen LogP contribution in [0.25, 0.3) is 12.2 Å². The van der Waals surface area contributed by atoms with Crippen molar-refractivity contribution < 1.29 is 9.15 Å². The van der Waals surface area contributed by atoms with Gasteiger partial charge in [0.05, 0.1) is 18.5 Å². The van der Waals surface area contributed by atoms with Gasteiger partial charge in [-0.05, 0) is 74.5 Å². The van der Waals surface area contributed by atoms with Gasteiger partial charge in [-0.15, -0.1) is 10.2 Å². The first-order valence-corrected chi connectivity index (χ1v) is 12.7. The second-order valence-electron chi connectivity index (χ2n) is 10.8. The van der Waals surface area contributed by atoms with Crippen LogP contribution in [-0.2, 0) is 0 Å². The molecule has 0 atom stereocenters. The Morgan fingerprint density at radius 3 is 2.39 bits per heavy atom. The topological polar surface area (TPSA) is 137 Å². The first-order chi connectivity index (χ1) is 17.4. The van der Waals surface area contributed by atoms with Gasteiger partial charge in [-0.1, -0.05) is 0 Å². The molecule has 0 unspecified atom stereocenters. The van der Waals surface area contributed by atoms with Crippen LogP contribution in [0.1, 0.15) is 55.9 Å². The number of hydrogen-bond acceptors (Lipinski definition) is 9. The van der Waals surface area contributed by atoms with Crippen molar-refractivity contribution in [1.82, 2.24) is 15.2 Å². The minimum atomic E-state index is 0.0923. The summed E-state index contributed by atoms with van der Waals surface area (Å²) in [6.07, 6.45) is 11.4. The molecule has 6 N–H and O–H groups in total. The van der Waals surface area contributed by atoms with Crippen LogP contribution in [0.4, 0.5) is 28.7 Å². The van der Waals surface area contributed by atoms with E-state index < -0.39 is 0 Å². The third-order valence-electron chi connectivity index (χ3n) is 7.97. The van der Waals surface area contributed by atoms with Crippen molar-refractivity contribution in [2.75, 3.05) is 29.2 Å². The standard InChI is InChI=1S/C27H33N7O2/c1-15-33-34-24(36-15)6-4-19-3-5-20(10-22(19)35-2)30-23-11-21(28)25(29)26(31-23)32-27-12-16-7-17(13-27)9-18(8-16)14-27/h3-6,10-11,16-18H,7-9,12-14,29H2,1-2H3,(H4,28,30,31,32)/b6-4+. The van der Waals surface area contributed by atoms with E-state index in [1.807, 2.05) is 24.3 Å². The molecule has 4 fully saturated rings. The first kappa shape index (κ1) is 22.7. The predicted molar refractivity (Wildman–Crippen MR) is 142 cm³/mol. The molecule has 0 spiro atoms. The monoisotopic (exact) mass is 487 g/mol. The van der Waals surface area contributed by atoms with Crippen molar-refractivity contribution in [2.24, 2.45) is 17.8 Å². The molecule has 4 saturated carbocycles. The summed E-state index contributed by atoms with van der Waals surface area (Å²) in [4.78, 5) is 4.85. The van der Waals surface area contributed by atoms with E-state index in [1.165, 1.54) is 38.5 Å². The molecule has 3 aromatic rings. The fourth-order valence-electron chi connectivity index (χ4n) is 6.86. The lowest BCUT2D eigenvalue weighted by Gasteiger charge is -2.57. The highest BCUT2D eigenvalue weighted by Crippen LogP contribution is 2.56. The van der Waals surface area contributed by atoms with Crippen LogP contribution in [0.3, 0.4) is 0 Å². The van der Waals surface area contributed by atoms with Crippen molar-refractivity contribution >= 4 is 40.8 Å². The van der Waals surface area contributed by atoms with Crippen LogP contribution in [0.2, 0.25) is 0 Å². The Balaban J connectivity index is 1.22. The Morgan fingerprint density at radius 2 is 1.75 bits per heavy atom. The molecule has 2 heterocycles. The molecule has 188 valence electrons. The maximum absolute atomic E-state index is 6.40. The lowest BCUT2D eigenvalue weighted by Crippen LogP contribution is -2.55. The van der Waals surface area contributed by atoms with Gasteiger partial charge < -0.3 is 31.3 Å². The molecular weight excluding hydrogens is 454 g/mol. The van der Waals surface area contributed by atoms with Gasteiger partial charge in [-0.25, -0.2) is 4.98 Å². The summed E-state index contributed by atoms with van der Waals surface area (Å²) in [5.41, 5.74) is 15.6. The molecule has 9 nitrogen and oxygen atoms in total. The molecule has 0 radical (unpaired) electrons. The number of aryl methyl sites for hydroxylation is 1. The highest BCUT2D eigenvalue weighted by atomic mass is 16.5. The molecule has 4 aliphatic rings. The fraction of sp³-hybridized carbons (Fsp3) is 0.444. The summed E-state index contributed by atoms with van der Waals surface area (Å²) in [7, 11) is 1.64. The Kier molecular flexibility index (Phi) is 5.50. The number of nitrogens with one attached hydrogen (secondary N) is 2. The number of anilines is 5. The number of benzene rings is 1. The number of nitrogens with two attached hydrogens (primary N) is 2. The van der Waals surface area contributed by atoms with E-state index >= 15 is 0 Å². The summed E-state index contributed by atoms with van der Waals surface area (Å²) in [6, 6.07) is 7.61. The van der Waals surface area contributed by atoms with Crippen molar-refractivity contribution in [3.05, 3.63) is 41.6 Å². The van der Waals surface area contributed by atoms with Gasteiger partial charge in [0.15, 0.2) is 5.82 Å². The number of rotatable bonds is 7. The molecule has 1 aromatic carbocycles. The van der Waals surface area contributed by atoms with Crippen LogP contribution in [0, 0.1) is 24.7 Å². The quantitative estimate of drug-likeness (QED) is 0.352. The van der Waals surface area contributed by atoms with Gasteiger partial charge in [0.1, 0.15) is 11.6 Å². The van der Waals surface area contributed by atoms with Gasteiger partial charge in [-0.2, -0.15) is 0 Å². The van der Waals surface area contributed by atoms with E-state index in [1.54, 1.807) is 26.2 Å². The predicted octanol–water partition coefficient (Wildman–Crippen LogP) is 5.24. The summed E-state index contributed by atoms with van der Waals surface area (Å²) in [5, 5.41) is 15.0. The normalized spacial score (nSPS) is 26.4. The molecule has 4 aliphatic carbocycles. The number of methoxy groups -OCH3 is 1. The third kappa shape index (κ3) is 4.34. The lowest BCUT2D eigenvalue weighted by atomic mass is 9.53. The fourth-order valence-corrected chi connectivity index (χ4v) is 6.86. The van der Waals surface area contributed by atoms with Gasteiger partial charge in [0.25, 0.3) is 0 Å². The third-order valence-corrected chi connectivity index (χ3v) is 7.97. The zero-order chi connectivity index (χ0) is 24.9. The van der Waals surface area contributed by atoms with Crippen molar-refractivity contribution in [3.63, 3.8) is 0 Å². The summed E-state index contributed by atoms with van der Waals surface area (Å²) in [5.74, 6) is 5.46. The molecule has 0 aliphatic heterocycles. The first-order valence-electron chi connectivity index (χ1n) is 12.7. The van der Waals surface area contributed by atoms with Crippen LogP contribution in [-0.4, -0.2) is 27.8 Å². The van der Waals surface area contributed by atoms with Gasteiger partial charge in [0, 0.05) is 41.9 Å². The summed E-state index contributed by atoms with van der Waals surface area (Å²) < 4.78 is 11.0. The molecule has 4 bridgehead atoms. The average molecular weight is 488 g/mol. The molecule has 2 aromatic heterocycles. The van der Waals surface area contributed by atoms with E-state index in [0.717, 1.165) is 29.0 Å². The number of aromatic nitrogens is 3. The van der Waals surface area contributed by atoms with Crippen molar-refractivity contribution in [2.45, 2.75) is 51.0 Å². The van der Waals surface area contributed by atoms with E-state index in [4.69, 9.17) is 25.6 Å². The Bertz CT molecular complexity index is 1280. The zero-order valence-electron chi connectivity index (χ0n) is 20.8. The largest absolute Gasteiger partial charge is 0.496 e. The van der Waals surface area contributed by atoms with Gasteiger partial charge in [0.2, 0.25) is 11.8 Å². The molecule has 7 rings (SSSR count). The number of nitrogen functional groups attached to an aromatic ring is 2. The lowest BCUT2D eigenvalue weighted by molar-refractivity contribution is 0.0106.